The minimum atomic E-state index is -1.22. The SMILES string of the molecule is CC1(C)NC(=O)N(CC(=O)N2CC(O)C[C@H]2C(=O)O)C1=O. The fourth-order valence-corrected chi connectivity index (χ4v) is 2.51. The summed E-state index contributed by atoms with van der Waals surface area (Å²) in [5.74, 6) is -2.45. The minimum Gasteiger partial charge on any atom is -0.480 e. The van der Waals surface area contributed by atoms with Crippen molar-refractivity contribution in [3.8, 4) is 0 Å². The van der Waals surface area contributed by atoms with Gasteiger partial charge in [-0.15, -0.1) is 0 Å². The summed E-state index contributed by atoms with van der Waals surface area (Å²) in [4.78, 5) is 48.6. The standard InChI is InChI=1S/C12H17N3O6/c1-12(2)10(20)15(11(21)13-12)5-8(17)14-4-6(16)3-7(14)9(18)19/h6-7,16H,3-5H2,1-2H3,(H,13,21)(H,18,19)/t6?,7-/m0/s1. The molecule has 2 saturated heterocycles. The number of hydrogen-bond acceptors (Lipinski definition) is 5. The van der Waals surface area contributed by atoms with Crippen LogP contribution in [0.4, 0.5) is 4.79 Å². The van der Waals surface area contributed by atoms with Crippen LogP contribution < -0.4 is 5.32 Å². The van der Waals surface area contributed by atoms with Crippen LogP contribution in [0, 0.1) is 0 Å². The smallest absolute Gasteiger partial charge is 0.326 e. The normalized spacial score (nSPS) is 28.0. The summed E-state index contributed by atoms with van der Waals surface area (Å²) in [6.07, 6.45) is -0.984. The number of likely N-dealkylation sites (tertiary alicyclic amines) is 1. The summed E-state index contributed by atoms with van der Waals surface area (Å²) in [6.45, 7) is 2.36. The maximum absolute atomic E-state index is 12.1. The monoisotopic (exact) mass is 299 g/mol. The number of nitrogens with one attached hydrogen (secondary N) is 1. The number of aliphatic hydroxyl groups is 1. The number of hydrogen-bond donors (Lipinski definition) is 3. The fraction of sp³-hybridized carbons (Fsp3) is 0.667. The van der Waals surface area contributed by atoms with Gasteiger partial charge in [0, 0.05) is 13.0 Å². The Morgan fingerprint density at radius 1 is 1.38 bits per heavy atom. The van der Waals surface area contributed by atoms with Crippen molar-refractivity contribution >= 4 is 23.8 Å². The third-order valence-electron chi connectivity index (χ3n) is 3.62. The lowest BCUT2D eigenvalue weighted by molar-refractivity contribution is -0.149. The second-order valence-corrected chi connectivity index (χ2v) is 5.74. The van der Waals surface area contributed by atoms with Gasteiger partial charge in [-0.3, -0.25) is 14.5 Å². The van der Waals surface area contributed by atoms with E-state index < -0.39 is 48.0 Å². The highest BCUT2D eigenvalue weighted by Crippen LogP contribution is 2.21. The Morgan fingerprint density at radius 2 is 2.00 bits per heavy atom. The number of aliphatic carboxylic acids is 1. The molecule has 2 aliphatic heterocycles. The Kier molecular flexibility index (Phi) is 3.62. The molecule has 0 spiro atoms. The molecule has 2 fully saturated rings. The van der Waals surface area contributed by atoms with E-state index in [1.807, 2.05) is 0 Å². The molecule has 3 N–H and O–H groups in total. The number of amides is 4. The molecule has 0 bridgehead atoms. The van der Waals surface area contributed by atoms with Gasteiger partial charge < -0.3 is 20.4 Å². The van der Waals surface area contributed by atoms with Crippen LogP contribution in [0.2, 0.25) is 0 Å². The highest BCUT2D eigenvalue weighted by atomic mass is 16.4. The van der Waals surface area contributed by atoms with Gasteiger partial charge >= 0.3 is 12.0 Å². The number of aliphatic hydroxyl groups excluding tert-OH is 1. The number of carbonyl (C=O) groups is 4. The summed E-state index contributed by atoms with van der Waals surface area (Å²) in [5.41, 5.74) is -1.09. The van der Waals surface area contributed by atoms with Gasteiger partial charge in [0.1, 0.15) is 18.1 Å². The Hall–Kier alpha value is -2.16. The molecule has 0 aromatic carbocycles. The molecule has 0 aliphatic carbocycles. The van der Waals surface area contributed by atoms with Gasteiger partial charge in [-0.05, 0) is 13.8 Å². The molecule has 4 amide bonds. The van der Waals surface area contributed by atoms with E-state index in [2.05, 4.69) is 5.32 Å². The lowest BCUT2D eigenvalue weighted by atomic mass is 10.1. The van der Waals surface area contributed by atoms with Gasteiger partial charge in [-0.25, -0.2) is 9.59 Å². The molecule has 0 saturated carbocycles. The average molecular weight is 299 g/mol. The maximum atomic E-state index is 12.1. The first-order valence-electron chi connectivity index (χ1n) is 6.48. The molecule has 21 heavy (non-hydrogen) atoms. The number of rotatable bonds is 3. The van der Waals surface area contributed by atoms with E-state index in [9.17, 15) is 24.3 Å². The zero-order chi connectivity index (χ0) is 15.9. The number of nitrogens with zero attached hydrogens (tertiary/aromatic N) is 2. The van der Waals surface area contributed by atoms with Crippen molar-refractivity contribution in [1.82, 2.24) is 15.1 Å². The van der Waals surface area contributed by atoms with Crippen LogP contribution in [0.25, 0.3) is 0 Å². The predicted octanol–water partition coefficient (Wildman–Crippen LogP) is -1.64. The van der Waals surface area contributed by atoms with Crippen molar-refractivity contribution in [2.45, 2.75) is 38.0 Å². The van der Waals surface area contributed by atoms with Gasteiger partial charge in [-0.2, -0.15) is 0 Å². The van der Waals surface area contributed by atoms with Gasteiger partial charge in [0.2, 0.25) is 5.91 Å². The topological polar surface area (TPSA) is 127 Å². The van der Waals surface area contributed by atoms with Crippen molar-refractivity contribution < 1.29 is 29.4 Å². The predicted molar refractivity (Wildman–Crippen MR) is 68.1 cm³/mol. The third kappa shape index (κ3) is 2.68. The number of imide groups is 1. The van der Waals surface area contributed by atoms with E-state index in [0.29, 0.717) is 0 Å². The minimum absolute atomic E-state index is 0.0628. The van der Waals surface area contributed by atoms with Gasteiger partial charge in [0.25, 0.3) is 5.91 Å². The Balaban J connectivity index is 2.10. The number of carboxylic acid groups (broad SMARTS) is 1. The molecule has 116 valence electrons. The first kappa shape index (κ1) is 15.2. The molecule has 2 atom stereocenters. The average Bonchev–Trinajstić information content (AvgIpc) is 2.83. The summed E-state index contributed by atoms with van der Waals surface area (Å²) < 4.78 is 0. The number of urea groups is 1. The number of β-amino-alcohol motifs (C(OH)–C–C–N with tert-alkyl or cyclic N) is 1. The molecular formula is C12H17N3O6. The van der Waals surface area contributed by atoms with Crippen LogP contribution in [-0.4, -0.2) is 74.6 Å². The lowest BCUT2D eigenvalue weighted by Crippen LogP contribution is -2.47. The Labute approximate surface area is 120 Å². The summed E-state index contributed by atoms with van der Waals surface area (Å²) in [6, 6.07) is -1.83. The molecule has 9 nitrogen and oxygen atoms in total. The zero-order valence-corrected chi connectivity index (χ0v) is 11.7. The molecule has 2 rings (SSSR count). The maximum Gasteiger partial charge on any atom is 0.326 e. The van der Waals surface area contributed by atoms with Crippen molar-refractivity contribution in [1.29, 1.82) is 0 Å². The number of carboxylic acids is 1. The largest absolute Gasteiger partial charge is 0.480 e. The molecule has 0 radical (unpaired) electrons. The van der Waals surface area contributed by atoms with Crippen molar-refractivity contribution in [3.63, 3.8) is 0 Å². The van der Waals surface area contributed by atoms with E-state index in [1.165, 1.54) is 13.8 Å². The van der Waals surface area contributed by atoms with E-state index in [-0.39, 0.29) is 13.0 Å². The fourth-order valence-electron chi connectivity index (χ4n) is 2.51. The van der Waals surface area contributed by atoms with Crippen molar-refractivity contribution in [2.75, 3.05) is 13.1 Å². The van der Waals surface area contributed by atoms with E-state index in [0.717, 1.165) is 9.80 Å². The van der Waals surface area contributed by atoms with Crippen molar-refractivity contribution in [3.05, 3.63) is 0 Å². The molecule has 0 aromatic rings. The highest BCUT2D eigenvalue weighted by molar-refractivity contribution is 6.08. The van der Waals surface area contributed by atoms with Crippen LogP contribution >= 0.6 is 0 Å². The molecule has 0 aromatic heterocycles. The first-order chi connectivity index (χ1) is 9.63. The zero-order valence-electron chi connectivity index (χ0n) is 11.7. The third-order valence-corrected chi connectivity index (χ3v) is 3.62. The second-order valence-electron chi connectivity index (χ2n) is 5.74. The van der Waals surface area contributed by atoms with E-state index in [4.69, 9.17) is 5.11 Å². The van der Waals surface area contributed by atoms with Crippen LogP contribution in [0.3, 0.4) is 0 Å². The molecule has 2 aliphatic rings. The van der Waals surface area contributed by atoms with Gasteiger partial charge in [0.15, 0.2) is 0 Å². The van der Waals surface area contributed by atoms with Crippen LogP contribution in [0.5, 0.6) is 0 Å². The summed E-state index contributed by atoms with van der Waals surface area (Å²) >= 11 is 0. The molecular weight excluding hydrogens is 282 g/mol. The first-order valence-corrected chi connectivity index (χ1v) is 6.48. The lowest BCUT2D eigenvalue weighted by Gasteiger charge is -2.23. The van der Waals surface area contributed by atoms with E-state index >= 15 is 0 Å². The van der Waals surface area contributed by atoms with Gasteiger partial charge in [0.05, 0.1) is 6.10 Å². The second kappa shape index (κ2) is 4.99. The molecule has 1 unspecified atom stereocenters. The Morgan fingerprint density at radius 3 is 2.48 bits per heavy atom. The van der Waals surface area contributed by atoms with Crippen LogP contribution in [0.15, 0.2) is 0 Å². The summed E-state index contributed by atoms with van der Waals surface area (Å²) in [7, 11) is 0. The van der Waals surface area contributed by atoms with Crippen LogP contribution in [-0.2, 0) is 14.4 Å². The van der Waals surface area contributed by atoms with Gasteiger partial charge in [-0.1, -0.05) is 0 Å². The quantitative estimate of drug-likeness (QED) is 0.537. The highest BCUT2D eigenvalue weighted by Gasteiger charge is 2.47. The van der Waals surface area contributed by atoms with E-state index in [1.54, 1.807) is 0 Å². The van der Waals surface area contributed by atoms with Crippen molar-refractivity contribution in [2.24, 2.45) is 0 Å². The number of carbonyl (C=O) groups excluding carboxylic acids is 3. The summed E-state index contributed by atoms with van der Waals surface area (Å²) in [5, 5.41) is 21.0. The Bertz CT molecular complexity index is 517. The molecule has 2 heterocycles. The molecule has 9 heteroatoms. The van der Waals surface area contributed by atoms with Crippen LogP contribution in [0.1, 0.15) is 20.3 Å².